The average Bonchev–Trinajstić information content (AvgIpc) is 2.71. The van der Waals surface area contributed by atoms with E-state index in [0.29, 0.717) is 11.7 Å². The number of nitrogens with zero attached hydrogens (tertiary/aromatic N) is 3. The molecule has 0 spiro atoms. The van der Waals surface area contributed by atoms with Gasteiger partial charge in [0.2, 0.25) is 5.91 Å². The molecule has 3 rings (SSSR count). The molecule has 156 valence electrons. The number of fused-ring (bicyclic) bond motifs is 1. The lowest BCUT2D eigenvalue weighted by Crippen LogP contribution is -2.34. The van der Waals surface area contributed by atoms with Crippen molar-refractivity contribution < 1.29 is 14.7 Å². The number of carboxylic acids is 1. The molecular weight excluding hydrogens is 384 g/mol. The Hall–Kier alpha value is -3.68. The fourth-order valence-corrected chi connectivity index (χ4v) is 3.41. The first-order valence-corrected chi connectivity index (χ1v) is 9.69. The maximum atomic E-state index is 12.6. The predicted molar refractivity (Wildman–Crippen MR) is 114 cm³/mol. The van der Waals surface area contributed by atoms with E-state index in [4.69, 9.17) is 0 Å². The van der Waals surface area contributed by atoms with Gasteiger partial charge in [-0.2, -0.15) is 5.10 Å². The van der Waals surface area contributed by atoms with Gasteiger partial charge >= 0.3 is 0 Å². The minimum absolute atomic E-state index is 0.164. The fourth-order valence-electron chi connectivity index (χ4n) is 3.41. The van der Waals surface area contributed by atoms with E-state index in [1.807, 2.05) is 12.1 Å². The van der Waals surface area contributed by atoms with E-state index in [2.05, 4.69) is 36.1 Å². The SMILES string of the molecule is CCN(c1ccc(NC(=O)Cn2nc(C(=O)[O-])c3ccccc3c2=O)cc1)C(C)C. The van der Waals surface area contributed by atoms with Crippen molar-refractivity contribution in [1.29, 1.82) is 0 Å². The molecule has 0 fully saturated rings. The third kappa shape index (κ3) is 4.32. The molecule has 0 aliphatic carbocycles. The predicted octanol–water partition coefficient (Wildman–Crippen LogP) is 1.63. The zero-order valence-electron chi connectivity index (χ0n) is 17.1. The summed E-state index contributed by atoms with van der Waals surface area (Å²) in [5, 5.41) is 18.3. The van der Waals surface area contributed by atoms with Gasteiger partial charge in [-0.3, -0.25) is 9.59 Å². The Labute approximate surface area is 173 Å². The molecule has 3 aromatic rings. The molecule has 0 aliphatic heterocycles. The summed E-state index contributed by atoms with van der Waals surface area (Å²) in [5.41, 5.74) is 0.682. The summed E-state index contributed by atoms with van der Waals surface area (Å²) in [6, 6.07) is 13.9. The Morgan fingerprint density at radius 2 is 1.73 bits per heavy atom. The standard InChI is InChI=1S/C22H24N4O4/c1-4-25(14(2)3)16-11-9-15(10-12-16)23-19(27)13-26-21(28)18-8-6-5-7-17(18)20(24-26)22(29)30/h5-12,14H,4,13H2,1-3H3,(H,23,27)(H,29,30)/p-1. The Morgan fingerprint density at radius 1 is 1.10 bits per heavy atom. The van der Waals surface area contributed by atoms with Crippen molar-refractivity contribution in [2.24, 2.45) is 0 Å². The summed E-state index contributed by atoms with van der Waals surface area (Å²) in [6.45, 7) is 6.73. The van der Waals surface area contributed by atoms with Crippen LogP contribution in [0.5, 0.6) is 0 Å². The number of hydrogen-bond donors (Lipinski definition) is 1. The highest BCUT2D eigenvalue weighted by molar-refractivity contribution is 6.00. The van der Waals surface area contributed by atoms with Gasteiger partial charge in [-0.1, -0.05) is 18.2 Å². The second kappa shape index (κ2) is 8.77. The number of carboxylic acid groups (broad SMARTS) is 1. The number of hydrogen-bond acceptors (Lipinski definition) is 6. The maximum Gasteiger partial charge on any atom is 0.275 e. The minimum atomic E-state index is -1.51. The highest BCUT2D eigenvalue weighted by Gasteiger charge is 2.14. The molecule has 0 saturated carbocycles. The molecular formula is C22H23N4O4-. The topological polar surface area (TPSA) is 107 Å². The van der Waals surface area contributed by atoms with Gasteiger partial charge in [0.25, 0.3) is 5.56 Å². The summed E-state index contributed by atoms with van der Waals surface area (Å²) in [4.78, 5) is 38.7. The van der Waals surface area contributed by atoms with Gasteiger partial charge in [0.1, 0.15) is 12.2 Å². The van der Waals surface area contributed by atoms with Crippen LogP contribution in [0.2, 0.25) is 0 Å². The van der Waals surface area contributed by atoms with Gasteiger partial charge in [-0.25, -0.2) is 4.68 Å². The molecule has 0 bridgehead atoms. The molecule has 8 nitrogen and oxygen atoms in total. The second-order valence-corrected chi connectivity index (χ2v) is 7.12. The van der Waals surface area contributed by atoms with E-state index in [1.165, 1.54) is 12.1 Å². The van der Waals surface area contributed by atoms with Crippen LogP contribution in [-0.4, -0.2) is 34.2 Å². The number of carbonyl (C=O) groups excluding carboxylic acids is 2. The monoisotopic (exact) mass is 407 g/mol. The third-order valence-corrected chi connectivity index (χ3v) is 4.80. The average molecular weight is 407 g/mol. The van der Waals surface area contributed by atoms with E-state index >= 15 is 0 Å². The normalized spacial score (nSPS) is 10.9. The van der Waals surface area contributed by atoms with E-state index in [0.717, 1.165) is 16.9 Å². The zero-order chi connectivity index (χ0) is 21.8. The van der Waals surface area contributed by atoms with Crippen LogP contribution in [0.4, 0.5) is 11.4 Å². The van der Waals surface area contributed by atoms with E-state index in [9.17, 15) is 19.5 Å². The van der Waals surface area contributed by atoms with Crippen LogP contribution in [-0.2, 0) is 11.3 Å². The van der Waals surface area contributed by atoms with Crippen LogP contribution in [0.1, 0.15) is 31.3 Å². The van der Waals surface area contributed by atoms with Gasteiger partial charge in [-0.15, -0.1) is 0 Å². The van der Waals surface area contributed by atoms with Crippen LogP contribution in [0.15, 0.2) is 53.3 Å². The molecule has 0 aliphatic rings. The number of rotatable bonds is 7. The lowest BCUT2D eigenvalue weighted by Gasteiger charge is -2.27. The van der Waals surface area contributed by atoms with E-state index < -0.39 is 24.0 Å². The summed E-state index contributed by atoms with van der Waals surface area (Å²) in [5.74, 6) is -2.00. The van der Waals surface area contributed by atoms with Gasteiger partial charge in [0.05, 0.1) is 11.4 Å². The van der Waals surface area contributed by atoms with Crippen molar-refractivity contribution >= 4 is 34.0 Å². The van der Waals surface area contributed by atoms with Gasteiger partial charge in [-0.05, 0) is 51.1 Å². The van der Waals surface area contributed by atoms with Crippen LogP contribution >= 0.6 is 0 Å². The fraction of sp³-hybridized carbons (Fsp3) is 0.273. The third-order valence-electron chi connectivity index (χ3n) is 4.80. The molecule has 2 aromatic carbocycles. The van der Waals surface area contributed by atoms with E-state index in [1.54, 1.807) is 24.3 Å². The number of benzene rings is 2. The van der Waals surface area contributed by atoms with Gasteiger partial charge in [0.15, 0.2) is 0 Å². The zero-order valence-corrected chi connectivity index (χ0v) is 17.1. The molecule has 0 saturated heterocycles. The summed E-state index contributed by atoms with van der Waals surface area (Å²) < 4.78 is 0.842. The largest absolute Gasteiger partial charge is 0.543 e. The van der Waals surface area contributed by atoms with Gasteiger partial charge < -0.3 is 20.1 Å². The molecule has 1 heterocycles. The Morgan fingerprint density at radius 3 is 2.30 bits per heavy atom. The summed E-state index contributed by atoms with van der Waals surface area (Å²) >= 11 is 0. The van der Waals surface area contributed by atoms with Crippen molar-refractivity contribution in [3.8, 4) is 0 Å². The first kappa shape index (κ1) is 21.0. The minimum Gasteiger partial charge on any atom is -0.543 e. The lowest BCUT2D eigenvalue weighted by atomic mass is 10.1. The molecule has 1 aromatic heterocycles. The van der Waals surface area contributed by atoms with Crippen LogP contribution in [0, 0.1) is 0 Å². The molecule has 1 amide bonds. The maximum absolute atomic E-state index is 12.6. The van der Waals surface area contributed by atoms with Crippen molar-refractivity contribution in [3.05, 3.63) is 64.6 Å². The Kier molecular flexibility index (Phi) is 6.15. The summed E-state index contributed by atoms with van der Waals surface area (Å²) in [7, 11) is 0. The second-order valence-electron chi connectivity index (χ2n) is 7.12. The first-order chi connectivity index (χ1) is 14.3. The molecule has 0 radical (unpaired) electrons. The number of carbonyl (C=O) groups is 2. The number of aromatic carboxylic acids is 1. The number of amides is 1. The van der Waals surface area contributed by atoms with Crippen LogP contribution in [0.3, 0.4) is 0 Å². The van der Waals surface area contributed by atoms with Crippen molar-refractivity contribution in [2.45, 2.75) is 33.4 Å². The molecule has 30 heavy (non-hydrogen) atoms. The van der Waals surface area contributed by atoms with Crippen molar-refractivity contribution in [1.82, 2.24) is 9.78 Å². The van der Waals surface area contributed by atoms with Crippen LogP contribution < -0.4 is 20.9 Å². The smallest absolute Gasteiger partial charge is 0.275 e. The quantitative estimate of drug-likeness (QED) is 0.638. The van der Waals surface area contributed by atoms with Gasteiger partial charge in [0, 0.05) is 29.3 Å². The van der Waals surface area contributed by atoms with E-state index in [-0.39, 0.29) is 16.5 Å². The molecule has 0 atom stereocenters. The first-order valence-electron chi connectivity index (χ1n) is 9.69. The molecule has 0 unspecified atom stereocenters. The lowest BCUT2D eigenvalue weighted by molar-refractivity contribution is -0.255. The van der Waals surface area contributed by atoms with Crippen LogP contribution in [0.25, 0.3) is 10.8 Å². The summed E-state index contributed by atoms with van der Waals surface area (Å²) in [6.07, 6.45) is 0. The number of aromatic nitrogens is 2. The number of nitrogens with one attached hydrogen (secondary N) is 1. The molecule has 8 heteroatoms. The van der Waals surface area contributed by atoms with Crippen molar-refractivity contribution in [2.75, 3.05) is 16.8 Å². The molecule has 1 N–H and O–H groups in total. The highest BCUT2D eigenvalue weighted by Crippen LogP contribution is 2.20. The Bertz CT molecular complexity index is 1140. The van der Waals surface area contributed by atoms with Crippen molar-refractivity contribution in [3.63, 3.8) is 0 Å². The number of anilines is 2. The Balaban J connectivity index is 1.81. The highest BCUT2D eigenvalue weighted by atomic mass is 16.4.